The van der Waals surface area contributed by atoms with Gasteiger partial charge in [-0.25, -0.2) is 4.98 Å². The van der Waals surface area contributed by atoms with Gasteiger partial charge in [-0.3, -0.25) is 4.90 Å². The molecule has 0 unspecified atom stereocenters. The second kappa shape index (κ2) is 7.88. The van der Waals surface area contributed by atoms with Crippen LogP contribution in [0.15, 0.2) is 12.3 Å². The summed E-state index contributed by atoms with van der Waals surface area (Å²) in [5.41, 5.74) is 0.445. The minimum absolute atomic E-state index is 0.156. The molecule has 5 nitrogen and oxygen atoms in total. The summed E-state index contributed by atoms with van der Waals surface area (Å²) in [6.45, 7) is 5.23. The first-order valence-corrected chi connectivity index (χ1v) is 6.21. The van der Waals surface area contributed by atoms with Gasteiger partial charge in [0.1, 0.15) is 11.9 Å². The summed E-state index contributed by atoms with van der Waals surface area (Å²) >= 11 is 5.99. The van der Waals surface area contributed by atoms with Crippen LogP contribution >= 0.6 is 11.6 Å². The van der Waals surface area contributed by atoms with Crippen LogP contribution in [0, 0.1) is 11.3 Å². The van der Waals surface area contributed by atoms with Crippen LogP contribution in [0.1, 0.15) is 12.5 Å². The van der Waals surface area contributed by atoms with Crippen molar-refractivity contribution in [2.75, 3.05) is 38.1 Å². The van der Waals surface area contributed by atoms with E-state index in [-0.39, 0.29) is 6.61 Å². The second-order valence-electron chi connectivity index (χ2n) is 3.75. The average molecular weight is 269 g/mol. The Morgan fingerprint density at radius 2 is 2.33 bits per heavy atom. The molecule has 2 N–H and O–H groups in total. The predicted molar refractivity (Wildman–Crippen MR) is 71.7 cm³/mol. The molecule has 0 radical (unpaired) electrons. The Hall–Kier alpha value is -1.35. The van der Waals surface area contributed by atoms with E-state index in [1.165, 1.54) is 6.20 Å². The zero-order valence-corrected chi connectivity index (χ0v) is 11.1. The number of hydrogen-bond acceptors (Lipinski definition) is 5. The molecule has 18 heavy (non-hydrogen) atoms. The molecule has 1 aromatic heterocycles. The topological polar surface area (TPSA) is 72.2 Å². The van der Waals surface area contributed by atoms with Crippen LogP contribution in [0.3, 0.4) is 0 Å². The van der Waals surface area contributed by atoms with E-state index in [0.717, 1.165) is 13.1 Å². The van der Waals surface area contributed by atoms with E-state index in [1.54, 1.807) is 6.07 Å². The van der Waals surface area contributed by atoms with Gasteiger partial charge >= 0.3 is 0 Å². The maximum atomic E-state index is 8.86. The summed E-state index contributed by atoms with van der Waals surface area (Å²) in [5, 5.41) is 21.1. The van der Waals surface area contributed by atoms with Crippen molar-refractivity contribution in [2.45, 2.75) is 6.92 Å². The van der Waals surface area contributed by atoms with E-state index < -0.39 is 0 Å². The predicted octanol–water partition coefficient (Wildman–Crippen LogP) is 1.33. The minimum atomic E-state index is 0.156. The van der Waals surface area contributed by atoms with Crippen LogP contribution in [-0.4, -0.2) is 47.8 Å². The van der Waals surface area contributed by atoms with Crippen molar-refractivity contribution in [1.29, 1.82) is 5.26 Å². The molecule has 0 spiro atoms. The smallest absolute Gasteiger partial charge is 0.144 e. The number of nitriles is 1. The molecule has 1 heterocycles. The van der Waals surface area contributed by atoms with Crippen LogP contribution in [0.25, 0.3) is 0 Å². The molecule has 0 amide bonds. The number of anilines is 1. The number of nitrogens with one attached hydrogen (secondary N) is 1. The number of aliphatic hydroxyl groups is 1. The molecule has 6 heteroatoms. The molecular formula is C12H17ClN4O. The molecule has 0 aromatic carbocycles. The molecule has 0 atom stereocenters. The Balaban J connectivity index is 2.46. The summed E-state index contributed by atoms with van der Waals surface area (Å²) in [7, 11) is 0. The fourth-order valence-electron chi connectivity index (χ4n) is 1.53. The Morgan fingerprint density at radius 3 is 2.89 bits per heavy atom. The van der Waals surface area contributed by atoms with Crippen LogP contribution in [0.4, 0.5) is 5.82 Å². The SMILES string of the molecule is CCN(CCO)CCNc1ncc(C#N)cc1Cl. The maximum absolute atomic E-state index is 8.86. The van der Waals surface area contributed by atoms with Gasteiger partial charge in [0.15, 0.2) is 0 Å². The number of rotatable bonds is 7. The molecule has 0 bridgehead atoms. The molecule has 0 aliphatic carbocycles. The van der Waals surface area contributed by atoms with E-state index in [9.17, 15) is 0 Å². The number of hydrogen-bond donors (Lipinski definition) is 2. The Labute approximate surface area is 112 Å². The van der Waals surface area contributed by atoms with Gasteiger partial charge in [-0.15, -0.1) is 0 Å². The van der Waals surface area contributed by atoms with Crippen LogP contribution in [0.5, 0.6) is 0 Å². The van der Waals surface area contributed by atoms with Gasteiger partial charge in [0.05, 0.1) is 17.2 Å². The fourth-order valence-corrected chi connectivity index (χ4v) is 1.76. The van der Waals surface area contributed by atoms with E-state index in [4.69, 9.17) is 22.0 Å². The minimum Gasteiger partial charge on any atom is -0.395 e. The highest BCUT2D eigenvalue weighted by Crippen LogP contribution is 2.19. The van der Waals surface area contributed by atoms with Crippen molar-refractivity contribution in [1.82, 2.24) is 9.88 Å². The van der Waals surface area contributed by atoms with Crippen molar-refractivity contribution >= 4 is 17.4 Å². The number of halogens is 1. The summed E-state index contributed by atoms with van der Waals surface area (Å²) in [5.74, 6) is 0.579. The van der Waals surface area contributed by atoms with Gasteiger partial charge in [-0.05, 0) is 12.6 Å². The molecule has 0 aliphatic rings. The zero-order valence-electron chi connectivity index (χ0n) is 10.4. The largest absolute Gasteiger partial charge is 0.395 e. The number of likely N-dealkylation sites (N-methyl/N-ethyl adjacent to an activating group) is 1. The zero-order chi connectivity index (χ0) is 13.4. The van der Waals surface area contributed by atoms with Crippen LogP contribution in [-0.2, 0) is 0 Å². The molecule has 0 fully saturated rings. The molecule has 0 aliphatic heterocycles. The third-order valence-corrected chi connectivity index (χ3v) is 2.84. The first kappa shape index (κ1) is 14.7. The Morgan fingerprint density at radius 1 is 1.56 bits per heavy atom. The molecule has 1 rings (SSSR count). The standard InChI is InChI=1S/C12H17ClN4O/c1-2-17(5-6-18)4-3-15-12-11(13)7-10(8-14)9-16-12/h7,9,18H,2-6H2,1H3,(H,15,16). The van der Waals surface area contributed by atoms with E-state index in [2.05, 4.69) is 15.2 Å². The second-order valence-corrected chi connectivity index (χ2v) is 4.16. The third-order valence-electron chi connectivity index (χ3n) is 2.55. The van der Waals surface area contributed by atoms with Gasteiger partial charge in [0, 0.05) is 25.8 Å². The summed E-state index contributed by atoms with van der Waals surface area (Å²) < 4.78 is 0. The monoisotopic (exact) mass is 268 g/mol. The van der Waals surface area contributed by atoms with E-state index >= 15 is 0 Å². The van der Waals surface area contributed by atoms with E-state index in [1.807, 2.05) is 13.0 Å². The summed E-state index contributed by atoms with van der Waals surface area (Å²) in [6, 6.07) is 3.57. The first-order chi connectivity index (χ1) is 8.71. The molecule has 0 saturated carbocycles. The summed E-state index contributed by atoms with van der Waals surface area (Å²) in [6.07, 6.45) is 1.49. The quantitative estimate of drug-likeness (QED) is 0.781. The highest BCUT2D eigenvalue weighted by atomic mass is 35.5. The van der Waals surface area contributed by atoms with Crippen LogP contribution < -0.4 is 5.32 Å². The lowest BCUT2D eigenvalue weighted by molar-refractivity contribution is 0.206. The number of nitrogens with zero attached hydrogens (tertiary/aromatic N) is 3. The number of aromatic nitrogens is 1. The highest BCUT2D eigenvalue weighted by molar-refractivity contribution is 6.33. The lowest BCUT2D eigenvalue weighted by Crippen LogP contribution is -2.31. The van der Waals surface area contributed by atoms with Crippen molar-refractivity contribution in [3.8, 4) is 6.07 Å². The highest BCUT2D eigenvalue weighted by Gasteiger charge is 2.04. The van der Waals surface area contributed by atoms with Gasteiger partial charge < -0.3 is 10.4 Å². The van der Waals surface area contributed by atoms with Crippen molar-refractivity contribution in [2.24, 2.45) is 0 Å². The average Bonchev–Trinajstić information content (AvgIpc) is 2.39. The van der Waals surface area contributed by atoms with Crippen molar-refractivity contribution in [3.63, 3.8) is 0 Å². The lowest BCUT2D eigenvalue weighted by atomic mass is 10.3. The molecular weight excluding hydrogens is 252 g/mol. The first-order valence-electron chi connectivity index (χ1n) is 5.84. The third kappa shape index (κ3) is 4.49. The normalized spacial score (nSPS) is 10.4. The Kier molecular flexibility index (Phi) is 6.44. The van der Waals surface area contributed by atoms with Crippen LogP contribution in [0.2, 0.25) is 5.02 Å². The number of aliphatic hydroxyl groups excluding tert-OH is 1. The van der Waals surface area contributed by atoms with Crippen molar-refractivity contribution < 1.29 is 5.11 Å². The fraction of sp³-hybridized carbons (Fsp3) is 0.500. The van der Waals surface area contributed by atoms with Gasteiger partial charge in [-0.2, -0.15) is 5.26 Å². The molecule has 1 aromatic rings. The van der Waals surface area contributed by atoms with Gasteiger partial charge in [0.2, 0.25) is 0 Å². The Bertz CT molecular complexity index is 419. The van der Waals surface area contributed by atoms with Gasteiger partial charge in [-0.1, -0.05) is 18.5 Å². The maximum Gasteiger partial charge on any atom is 0.144 e. The summed E-state index contributed by atoms with van der Waals surface area (Å²) in [4.78, 5) is 6.20. The lowest BCUT2D eigenvalue weighted by Gasteiger charge is -2.19. The van der Waals surface area contributed by atoms with Crippen molar-refractivity contribution in [3.05, 3.63) is 22.8 Å². The number of pyridine rings is 1. The van der Waals surface area contributed by atoms with E-state index in [0.29, 0.717) is 29.5 Å². The van der Waals surface area contributed by atoms with Gasteiger partial charge in [0.25, 0.3) is 0 Å². The molecule has 98 valence electrons. The molecule has 0 saturated heterocycles.